The van der Waals surface area contributed by atoms with Crippen molar-refractivity contribution in [3.8, 4) is 0 Å². The fraction of sp³-hybridized carbons (Fsp3) is 0.467. The van der Waals surface area contributed by atoms with Gasteiger partial charge in [0.25, 0.3) is 0 Å². The molecule has 0 aromatic heterocycles. The number of carboxylic acids is 1. The Labute approximate surface area is 126 Å². The minimum Gasteiger partial charge on any atom is -0.480 e. The molecular formula is C15H18F3NO3. The molecule has 0 aliphatic heterocycles. The molecule has 0 spiro atoms. The molecule has 0 unspecified atom stereocenters. The van der Waals surface area contributed by atoms with Crippen molar-refractivity contribution in [1.29, 1.82) is 0 Å². The zero-order chi connectivity index (χ0) is 16.8. The minimum absolute atomic E-state index is 0.107. The van der Waals surface area contributed by atoms with Gasteiger partial charge in [-0.15, -0.1) is 0 Å². The Morgan fingerprint density at radius 3 is 2.05 bits per heavy atom. The van der Waals surface area contributed by atoms with Crippen LogP contribution in [0.25, 0.3) is 0 Å². The zero-order valence-electron chi connectivity index (χ0n) is 12.1. The van der Waals surface area contributed by atoms with E-state index in [0.29, 0.717) is 0 Å². The van der Waals surface area contributed by atoms with Crippen molar-refractivity contribution < 1.29 is 27.9 Å². The quantitative estimate of drug-likeness (QED) is 0.812. The van der Waals surface area contributed by atoms with Gasteiger partial charge in [-0.05, 0) is 30.4 Å². The number of hydrogen-bond donors (Lipinski definition) is 2. The summed E-state index contributed by atoms with van der Waals surface area (Å²) in [6, 6.07) is 5.88. The number of nitrogens with one attached hydrogen (secondary N) is 1. The number of halogens is 3. The van der Waals surface area contributed by atoms with E-state index in [0.717, 1.165) is 24.0 Å². The molecule has 1 rings (SSSR count). The first-order chi connectivity index (χ1) is 10.2. The minimum atomic E-state index is -5.09. The Balaban J connectivity index is 2.61. The summed E-state index contributed by atoms with van der Waals surface area (Å²) in [6.07, 6.45) is -3.00. The Hall–Kier alpha value is -2.05. The SMILES string of the molecule is CCCc1ccc(CC[C@H](NC(=O)C(F)(F)F)C(=O)O)cc1. The molecule has 0 radical (unpaired) electrons. The van der Waals surface area contributed by atoms with E-state index < -0.39 is 24.1 Å². The van der Waals surface area contributed by atoms with E-state index >= 15 is 0 Å². The second-order valence-corrected chi connectivity index (χ2v) is 4.97. The van der Waals surface area contributed by atoms with Crippen LogP contribution < -0.4 is 5.32 Å². The van der Waals surface area contributed by atoms with Crippen molar-refractivity contribution >= 4 is 11.9 Å². The van der Waals surface area contributed by atoms with E-state index in [1.807, 2.05) is 24.3 Å². The average Bonchev–Trinajstić information content (AvgIpc) is 2.43. The Morgan fingerprint density at radius 1 is 1.14 bits per heavy atom. The summed E-state index contributed by atoms with van der Waals surface area (Å²) in [4.78, 5) is 21.7. The van der Waals surface area contributed by atoms with Crippen LogP contribution in [0.4, 0.5) is 13.2 Å². The predicted molar refractivity (Wildman–Crippen MR) is 74.4 cm³/mol. The lowest BCUT2D eigenvalue weighted by molar-refractivity contribution is -0.175. The van der Waals surface area contributed by atoms with Crippen molar-refractivity contribution in [3.63, 3.8) is 0 Å². The van der Waals surface area contributed by atoms with Crippen molar-refractivity contribution in [2.75, 3.05) is 0 Å². The highest BCUT2D eigenvalue weighted by atomic mass is 19.4. The van der Waals surface area contributed by atoms with Crippen LogP contribution in [0.5, 0.6) is 0 Å². The van der Waals surface area contributed by atoms with Crippen LogP contribution in [-0.2, 0) is 22.4 Å². The summed E-state index contributed by atoms with van der Waals surface area (Å²) >= 11 is 0. The van der Waals surface area contributed by atoms with Crippen LogP contribution in [0.1, 0.15) is 30.9 Å². The molecule has 4 nitrogen and oxygen atoms in total. The number of amides is 1. The fourth-order valence-corrected chi connectivity index (χ4v) is 1.97. The smallest absolute Gasteiger partial charge is 0.471 e. The van der Waals surface area contributed by atoms with Crippen molar-refractivity contribution in [2.24, 2.45) is 0 Å². The first-order valence-electron chi connectivity index (χ1n) is 6.92. The fourth-order valence-electron chi connectivity index (χ4n) is 1.97. The maximum Gasteiger partial charge on any atom is 0.471 e. The predicted octanol–water partition coefficient (Wildman–Crippen LogP) is 2.70. The van der Waals surface area contributed by atoms with Gasteiger partial charge in [0, 0.05) is 0 Å². The molecule has 0 fully saturated rings. The van der Waals surface area contributed by atoms with Crippen LogP contribution in [-0.4, -0.2) is 29.2 Å². The van der Waals surface area contributed by atoms with Gasteiger partial charge in [0.05, 0.1) is 0 Å². The summed E-state index contributed by atoms with van der Waals surface area (Å²) in [5.74, 6) is -3.72. The topological polar surface area (TPSA) is 66.4 Å². The third-order valence-electron chi connectivity index (χ3n) is 3.14. The number of alkyl halides is 3. The van der Waals surface area contributed by atoms with E-state index in [1.54, 1.807) is 0 Å². The largest absolute Gasteiger partial charge is 0.480 e. The molecule has 2 N–H and O–H groups in total. The summed E-state index contributed by atoms with van der Waals surface area (Å²) in [6.45, 7) is 2.05. The molecule has 0 aliphatic carbocycles. The van der Waals surface area contributed by atoms with Gasteiger partial charge in [0.2, 0.25) is 0 Å². The number of aliphatic carboxylic acids is 1. The molecule has 0 saturated carbocycles. The van der Waals surface area contributed by atoms with Crippen LogP contribution in [0.15, 0.2) is 24.3 Å². The summed E-state index contributed by atoms with van der Waals surface area (Å²) in [7, 11) is 0. The number of carbonyl (C=O) groups excluding carboxylic acids is 1. The number of carboxylic acid groups (broad SMARTS) is 1. The Kier molecular flexibility index (Phi) is 6.39. The molecule has 122 valence electrons. The van der Waals surface area contributed by atoms with Gasteiger partial charge in [-0.1, -0.05) is 37.6 Å². The number of carbonyl (C=O) groups is 2. The van der Waals surface area contributed by atoms with E-state index in [4.69, 9.17) is 5.11 Å². The van der Waals surface area contributed by atoms with Gasteiger partial charge in [0.15, 0.2) is 0 Å². The van der Waals surface area contributed by atoms with Gasteiger partial charge in [-0.2, -0.15) is 13.2 Å². The van der Waals surface area contributed by atoms with Gasteiger partial charge in [0.1, 0.15) is 6.04 Å². The second kappa shape index (κ2) is 7.82. The molecule has 1 aromatic rings. The summed E-state index contributed by atoms with van der Waals surface area (Å²) in [5.41, 5.74) is 1.96. The summed E-state index contributed by atoms with van der Waals surface area (Å²) < 4.78 is 36.4. The average molecular weight is 317 g/mol. The van der Waals surface area contributed by atoms with Crippen molar-refractivity contribution in [1.82, 2.24) is 5.32 Å². The monoisotopic (exact) mass is 317 g/mol. The highest BCUT2D eigenvalue weighted by Gasteiger charge is 2.40. The molecular weight excluding hydrogens is 299 g/mol. The number of rotatable bonds is 7. The van der Waals surface area contributed by atoms with E-state index in [9.17, 15) is 22.8 Å². The maximum atomic E-state index is 12.1. The van der Waals surface area contributed by atoms with Crippen LogP contribution in [0.3, 0.4) is 0 Å². The van der Waals surface area contributed by atoms with Crippen molar-refractivity contribution in [3.05, 3.63) is 35.4 Å². The van der Waals surface area contributed by atoms with Gasteiger partial charge in [-0.3, -0.25) is 4.79 Å². The standard InChI is InChI=1S/C15H18F3NO3/c1-2-3-10-4-6-11(7-5-10)8-9-12(13(20)21)19-14(22)15(16,17)18/h4-7,12H,2-3,8-9H2,1H3,(H,19,22)(H,20,21)/t12-/m0/s1. The highest BCUT2D eigenvalue weighted by molar-refractivity contribution is 5.86. The molecule has 1 atom stereocenters. The third kappa shape index (κ3) is 5.75. The molecule has 22 heavy (non-hydrogen) atoms. The van der Waals surface area contributed by atoms with Crippen LogP contribution >= 0.6 is 0 Å². The zero-order valence-corrected chi connectivity index (χ0v) is 12.1. The summed E-state index contributed by atoms with van der Waals surface area (Å²) in [5, 5.41) is 10.4. The first kappa shape index (κ1) is 18.0. The van der Waals surface area contributed by atoms with E-state index in [2.05, 4.69) is 6.92 Å². The van der Waals surface area contributed by atoms with E-state index in [-0.39, 0.29) is 12.8 Å². The lowest BCUT2D eigenvalue weighted by atomic mass is 10.0. The first-order valence-corrected chi connectivity index (χ1v) is 6.92. The molecule has 1 aromatic carbocycles. The molecule has 0 heterocycles. The third-order valence-corrected chi connectivity index (χ3v) is 3.14. The number of aryl methyl sites for hydroxylation is 2. The number of hydrogen-bond acceptors (Lipinski definition) is 2. The Morgan fingerprint density at radius 2 is 1.64 bits per heavy atom. The van der Waals surface area contributed by atoms with Gasteiger partial charge in [-0.25, -0.2) is 4.79 Å². The van der Waals surface area contributed by atoms with Crippen molar-refractivity contribution in [2.45, 2.75) is 44.8 Å². The normalized spacial score (nSPS) is 12.7. The molecule has 0 aliphatic rings. The van der Waals surface area contributed by atoms with Gasteiger partial charge >= 0.3 is 18.1 Å². The second-order valence-electron chi connectivity index (χ2n) is 4.97. The lowest BCUT2D eigenvalue weighted by Crippen LogP contribution is -2.47. The van der Waals surface area contributed by atoms with Crippen LogP contribution in [0.2, 0.25) is 0 Å². The number of benzene rings is 1. The van der Waals surface area contributed by atoms with Crippen LogP contribution in [0, 0.1) is 0 Å². The van der Waals surface area contributed by atoms with E-state index in [1.165, 1.54) is 5.32 Å². The Bertz CT molecular complexity index is 512. The molecule has 7 heteroatoms. The van der Waals surface area contributed by atoms with Gasteiger partial charge < -0.3 is 10.4 Å². The lowest BCUT2D eigenvalue weighted by Gasteiger charge is -2.15. The maximum absolute atomic E-state index is 12.1. The molecule has 0 saturated heterocycles. The molecule has 1 amide bonds. The molecule has 0 bridgehead atoms. The highest BCUT2D eigenvalue weighted by Crippen LogP contribution is 2.16.